The van der Waals surface area contributed by atoms with Gasteiger partial charge < -0.3 is 10.2 Å². The van der Waals surface area contributed by atoms with E-state index in [4.69, 9.17) is 5.26 Å². The van der Waals surface area contributed by atoms with Gasteiger partial charge in [-0.05, 0) is 32.4 Å². The van der Waals surface area contributed by atoms with Crippen molar-refractivity contribution >= 4 is 17.3 Å². The lowest BCUT2D eigenvalue weighted by Crippen LogP contribution is -2.54. The molecule has 4 heteroatoms. The molecule has 1 heterocycles. The fraction of sp³-hybridized carbons (Fsp3) is 0.429. The minimum atomic E-state index is -0.596. The van der Waals surface area contributed by atoms with Crippen molar-refractivity contribution in [3.05, 3.63) is 24.3 Å². The molecule has 0 saturated heterocycles. The number of rotatable bonds is 3. The standard InChI is InChI=1S/C14H17N3O/c1-14(2)13(18)17(10-6-5-9-15)12-8-4-3-7-11(12)16-14/h3-4,7-8,16H,5-6,10H2,1-2H3. The molecule has 1 N–H and O–H groups in total. The maximum Gasteiger partial charge on any atom is 0.252 e. The molecule has 1 aromatic carbocycles. The van der Waals surface area contributed by atoms with Gasteiger partial charge in [0, 0.05) is 13.0 Å². The zero-order valence-electron chi connectivity index (χ0n) is 10.7. The van der Waals surface area contributed by atoms with Crippen LogP contribution >= 0.6 is 0 Å². The summed E-state index contributed by atoms with van der Waals surface area (Å²) in [6.45, 7) is 4.35. The predicted molar refractivity (Wildman–Crippen MR) is 71.3 cm³/mol. The number of para-hydroxylation sites is 2. The third-order valence-electron chi connectivity index (χ3n) is 3.09. The summed E-state index contributed by atoms with van der Waals surface area (Å²) in [5, 5.41) is 11.8. The number of unbranched alkanes of at least 4 members (excludes halogenated alkanes) is 1. The molecule has 1 aromatic rings. The van der Waals surface area contributed by atoms with E-state index in [0.29, 0.717) is 19.4 Å². The largest absolute Gasteiger partial charge is 0.370 e. The second kappa shape index (κ2) is 4.69. The van der Waals surface area contributed by atoms with E-state index < -0.39 is 5.54 Å². The summed E-state index contributed by atoms with van der Waals surface area (Å²) in [5.41, 5.74) is 1.28. The summed E-state index contributed by atoms with van der Waals surface area (Å²) in [4.78, 5) is 14.2. The number of amides is 1. The van der Waals surface area contributed by atoms with Crippen molar-refractivity contribution < 1.29 is 4.79 Å². The fourth-order valence-corrected chi connectivity index (χ4v) is 2.19. The van der Waals surface area contributed by atoms with E-state index >= 15 is 0 Å². The Morgan fingerprint density at radius 3 is 2.83 bits per heavy atom. The van der Waals surface area contributed by atoms with Crippen molar-refractivity contribution in [3.63, 3.8) is 0 Å². The highest BCUT2D eigenvalue weighted by Gasteiger charge is 2.37. The zero-order chi connectivity index (χ0) is 13.2. The van der Waals surface area contributed by atoms with Crippen molar-refractivity contribution in [2.75, 3.05) is 16.8 Å². The second-order valence-corrected chi connectivity index (χ2v) is 4.99. The number of hydrogen-bond acceptors (Lipinski definition) is 3. The van der Waals surface area contributed by atoms with Crippen molar-refractivity contribution in [2.45, 2.75) is 32.2 Å². The van der Waals surface area contributed by atoms with Gasteiger partial charge in [0.15, 0.2) is 0 Å². The third kappa shape index (κ3) is 2.17. The van der Waals surface area contributed by atoms with Crippen LogP contribution in [0.2, 0.25) is 0 Å². The van der Waals surface area contributed by atoms with Crippen molar-refractivity contribution in [2.24, 2.45) is 0 Å². The van der Waals surface area contributed by atoms with Crippen molar-refractivity contribution in [1.82, 2.24) is 0 Å². The molecule has 1 amide bonds. The highest BCUT2D eigenvalue weighted by Crippen LogP contribution is 2.34. The van der Waals surface area contributed by atoms with E-state index in [0.717, 1.165) is 11.4 Å². The molecule has 0 aliphatic carbocycles. The molecule has 0 spiro atoms. The van der Waals surface area contributed by atoms with Crippen LogP contribution in [0.25, 0.3) is 0 Å². The van der Waals surface area contributed by atoms with E-state index in [9.17, 15) is 4.79 Å². The number of carbonyl (C=O) groups excluding carboxylic acids is 1. The quantitative estimate of drug-likeness (QED) is 0.830. The SMILES string of the molecule is CC1(C)Nc2ccccc2N(CCCC#N)C1=O. The number of nitriles is 1. The molecule has 0 saturated carbocycles. The second-order valence-electron chi connectivity index (χ2n) is 4.99. The zero-order valence-corrected chi connectivity index (χ0v) is 10.7. The number of hydrogen-bond donors (Lipinski definition) is 1. The Balaban J connectivity index is 2.31. The summed E-state index contributed by atoms with van der Waals surface area (Å²) in [6.07, 6.45) is 1.17. The van der Waals surface area contributed by atoms with Crippen LogP contribution in [0.15, 0.2) is 24.3 Å². The molecule has 0 bridgehead atoms. The van der Waals surface area contributed by atoms with Gasteiger partial charge in [-0.15, -0.1) is 0 Å². The number of anilines is 2. The Bertz CT molecular complexity index is 502. The van der Waals surface area contributed by atoms with Crippen LogP contribution in [-0.2, 0) is 4.79 Å². The monoisotopic (exact) mass is 243 g/mol. The van der Waals surface area contributed by atoms with Gasteiger partial charge in [-0.2, -0.15) is 5.26 Å². The van der Waals surface area contributed by atoms with Gasteiger partial charge in [0.25, 0.3) is 5.91 Å². The summed E-state index contributed by atoms with van der Waals surface area (Å²) in [7, 11) is 0. The molecule has 18 heavy (non-hydrogen) atoms. The Kier molecular flexibility index (Phi) is 3.24. The molecular formula is C14H17N3O. The fourth-order valence-electron chi connectivity index (χ4n) is 2.19. The first-order chi connectivity index (χ1) is 8.56. The highest BCUT2D eigenvalue weighted by molar-refractivity contribution is 6.07. The van der Waals surface area contributed by atoms with E-state index in [1.165, 1.54) is 0 Å². The van der Waals surface area contributed by atoms with Gasteiger partial charge in [-0.1, -0.05) is 12.1 Å². The molecule has 1 aliphatic heterocycles. The highest BCUT2D eigenvalue weighted by atomic mass is 16.2. The van der Waals surface area contributed by atoms with Gasteiger partial charge >= 0.3 is 0 Å². The summed E-state index contributed by atoms with van der Waals surface area (Å²) < 4.78 is 0. The van der Waals surface area contributed by atoms with Crippen LogP contribution in [0.5, 0.6) is 0 Å². The number of benzene rings is 1. The summed E-state index contributed by atoms with van der Waals surface area (Å²) in [5.74, 6) is 0.0548. The Hall–Kier alpha value is -2.02. The number of nitrogens with zero attached hydrogens (tertiary/aromatic N) is 2. The molecule has 0 unspecified atom stereocenters. The average Bonchev–Trinajstić information content (AvgIpc) is 2.34. The maximum absolute atomic E-state index is 12.4. The van der Waals surface area contributed by atoms with Crippen molar-refractivity contribution in [1.29, 1.82) is 5.26 Å². The van der Waals surface area contributed by atoms with Gasteiger partial charge in [-0.3, -0.25) is 4.79 Å². The van der Waals surface area contributed by atoms with Crippen LogP contribution in [0.1, 0.15) is 26.7 Å². The predicted octanol–water partition coefficient (Wildman–Crippen LogP) is 2.53. The van der Waals surface area contributed by atoms with Gasteiger partial charge in [0.1, 0.15) is 5.54 Å². The number of carbonyl (C=O) groups is 1. The first kappa shape index (κ1) is 12.4. The normalized spacial score (nSPS) is 16.7. The summed E-state index contributed by atoms with van der Waals surface area (Å²) >= 11 is 0. The number of fused-ring (bicyclic) bond motifs is 1. The van der Waals surface area contributed by atoms with E-state index in [-0.39, 0.29) is 5.91 Å². The van der Waals surface area contributed by atoms with Crippen LogP contribution in [0.3, 0.4) is 0 Å². The summed E-state index contributed by atoms with van der Waals surface area (Å²) in [6, 6.07) is 9.89. The van der Waals surface area contributed by atoms with Crippen LogP contribution in [0.4, 0.5) is 11.4 Å². The minimum absolute atomic E-state index is 0.0548. The van der Waals surface area contributed by atoms with Crippen LogP contribution in [-0.4, -0.2) is 18.0 Å². The Morgan fingerprint density at radius 1 is 1.39 bits per heavy atom. The van der Waals surface area contributed by atoms with Gasteiger partial charge in [0.05, 0.1) is 17.4 Å². The van der Waals surface area contributed by atoms with E-state index in [2.05, 4.69) is 11.4 Å². The molecule has 1 aliphatic rings. The Morgan fingerprint density at radius 2 is 2.11 bits per heavy atom. The first-order valence-electron chi connectivity index (χ1n) is 6.12. The molecule has 0 atom stereocenters. The molecule has 0 radical (unpaired) electrons. The maximum atomic E-state index is 12.4. The first-order valence-corrected chi connectivity index (χ1v) is 6.12. The van der Waals surface area contributed by atoms with Crippen molar-refractivity contribution in [3.8, 4) is 6.07 Å². The van der Waals surface area contributed by atoms with Gasteiger partial charge in [-0.25, -0.2) is 0 Å². The van der Waals surface area contributed by atoms with Crippen LogP contribution in [0, 0.1) is 11.3 Å². The van der Waals surface area contributed by atoms with Gasteiger partial charge in [0.2, 0.25) is 0 Å². The number of nitrogens with one attached hydrogen (secondary N) is 1. The molecule has 2 rings (SSSR count). The average molecular weight is 243 g/mol. The minimum Gasteiger partial charge on any atom is -0.370 e. The smallest absolute Gasteiger partial charge is 0.252 e. The third-order valence-corrected chi connectivity index (χ3v) is 3.09. The van der Waals surface area contributed by atoms with Crippen LogP contribution < -0.4 is 10.2 Å². The Labute approximate surface area is 107 Å². The lowest BCUT2D eigenvalue weighted by molar-refractivity contribution is -0.122. The lowest BCUT2D eigenvalue weighted by atomic mass is 9.98. The molecule has 4 nitrogen and oxygen atoms in total. The molecule has 0 aromatic heterocycles. The molecular weight excluding hydrogens is 226 g/mol. The molecule has 0 fully saturated rings. The molecule has 94 valence electrons. The lowest BCUT2D eigenvalue weighted by Gasteiger charge is -2.39. The van der Waals surface area contributed by atoms with E-state index in [1.807, 2.05) is 38.1 Å². The topological polar surface area (TPSA) is 56.1 Å². The van der Waals surface area contributed by atoms with E-state index in [1.54, 1.807) is 4.90 Å².